The Morgan fingerprint density at radius 2 is 1.74 bits per heavy atom. The smallest absolute Gasteiger partial charge is 0.312 e. The van der Waals surface area contributed by atoms with Gasteiger partial charge in [0, 0.05) is 6.04 Å². The van der Waals surface area contributed by atoms with Crippen LogP contribution in [0.4, 0.5) is 0 Å². The number of hydrogen-bond donors (Lipinski definition) is 2. The van der Waals surface area contributed by atoms with Crippen LogP contribution in [0.2, 0.25) is 0 Å². The van der Waals surface area contributed by atoms with Gasteiger partial charge in [0.05, 0.1) is 12.2 Å². The first-order valence-corrected chi connectivity index (χ1v) is 8.26. The Labute approximate surface area is 117 Å². The fourth-order valence-electron chi connectivity index (χ4n) is 1.77. The topological polar surface area (TPSA) is 67.8 Å². The summed E-state index contributed by atoms with van der Waals surface area (Å²) in [6, 6.07) is 0.0362. The number of nitrogens with one attached hydrogen (secondary N) is 1. The van der Waals surface area contributed by atoms with Crippen LogP contribution in [0.1, 0.15) is 54.9 Å². The summed E-state index contributed by atoms with van der Waals surface area (Å²) in [5.74, 6) is 0. The molecule has 0 saturated carbocycles. The molecular formula is C13H30NO4P. The van der Waals surface area contributed by atoms with Crippen LogP contribution < -0.4 is 5.32 Å². The molecule has 2 unspecified atom stereocenters. The SMILES string of the molecule is CCNC(COP(=O)(O)OC(C)(C)C)CC(C)(C)C. The van der Waals surface area contributed by atoms with Crippen molar-refractivity contribution < 1.29 is 18.5 Å². The highest BCUT2D eigenvalue weighted by atomic mass is 31.2. The molecule has 0 aliphatic rings. The van der Waals surface area contributed by atoms with Gasteiger partial charge < -0.3 is 10.2 Å². The maximum atomic E-state index is 11.8. The molecule has 0 aromatic carbocycles. The van der Waals surface area contributed by atoms with Crippen LogP contribution in [-0.4, -0.2) is 29.7 Å². The first-order valence-electron chi connectivity index (χ1n) is 6.76. The molecule has 2 atom stereocenters. The Hall–Kier alpha value is 0.0700. The van der Waals surface area contributed by atoms with Gasteiger partial charge >= 0.3 is 7.82 Å². The summed E-state index contributed by atoms with van der Waals surface area (Å²) in [6.45, 7) is 14.5. The highest BCUT2D eigenvalue weighted by Crippen LogP contribution is 2.47. The average Bonchev–Trinajstić information content (AvgIpc) is 2.08. The summed E-state index contributed by atoms with van der Waals surface area (Å²) in [6.07, 6.45) is 0.857. The summed E-state index contributed by atoms with van der Waals surface area (Å²) >= 11 is 0. The number of rotatable bonds is 7. The second-order valence-corrected chi connectivity index (χ2v) is 8.37. The molecule has 0 spiro atoms. The van der Waals surface area contributed by atoms with E-state index in [-0.39, 0.29) is 18.1 Å². The molecular weight excluding hydrogens is 265 g/mol. The van der Waals surface area contributed by atoms with Crippen LogP contribution in [0.5, 0.6) is 0 Å². The van der Waals surface area contributed by atoms with Crippen molar-refractivity contribution >= 4 is 7.82 Å². The van der Waals surface area contributed by atoms with Crippen molar-refractivity contribution in [3.8, 4) is 0 Å². The van der Waals surface area contributed by atoms with Gasteiger partial charge in [-0.1, -0.05) is 27.7 Å². The molecule has 0 aliphatic carbocycles. The molecule has 0 bridgehead atoms. The maximum Gasteiger partial charge on any atom is 0.472 e. The van der Waals surface area contributed by atoms with Gasteiger partial charge in [0.25, 0.3) is 0 Å². The van der Waals surface area contributed by atoms with Crippen molar-refractivity contribution in [1.29, 1.82) is 0 Å². The predicted octanol–water partition coefficient (Wildman–Crippen LogP) is 3.33. The van der Waals surface area contributed by atoms with Crippen LogP contribution in [0, 0.1) is 5.41 Å². The molecule has 5 nitrogen and oxygen atoms in total. The molecule has 0 aromatic heterocycles. The second kappa shape index (κ2) is 7.19. The third kappa shape index (κ3) is 11.6. The largest absolute Gasteiger partial charge is 0.472 e. The van der Waals surface area contributed by atoms with Crippen molar-refractivity contribution in [2.24, 2.45) is 5.41 Å². The predicted molar refractivity (Wildman–Crippen MR) is 78.2 cm³/mol. The van der Waals surface area contributed by atoms with Crippen molar-refractivity contribution in [2.45, 2.75) is 66.5 Å². The maximum absolute atomic E-state index is 11.8. The minimum atomic E-state index is -4.00. The van der Waals surface area contributed by atoms with E-state index in [9.17, 15) is 9.46 Å². The van der Waals surface area contributed by atoms with Gasteiger partial charge in [-0.3, -0.25) is 9.05 Å². The number of phosphoric ester groups is 1. The molecule has 0 radical (unpaired) electrons. The Bertz CT molecular complexity index is 307. The van der Waals surface area contributed by atoms with E-state index in [1.165, 1.54) is 0 Å². The summed E-state index contributed by atoms with van der Waals surface area (Å²) in [7, 11) is -4.00. The molecule has 0 rings (SSSR count). The molecule has 0 fully saturated rings. The first-order chi connectivity index (χ1) is 8.35. The Balaban J connectivity index is 4.42. The third-order valence-corrected chi connectivity index (χ3v) is 3.43. The van der Waals surface area contributed by atoms with Gasteiger partial charge in [0.2, 0.25) is 0 Å². The van der Waals surface area contributed by atoms with E-state index in [1.807, 2.05) is 6.92 Å². The fourth-order valence-corrected chi connectivity index (χ4v) is 2.89. The summed E-state index contributed by atoms with van der Waals surface area (Å²) < 4.78 is 21.9. The van der Waals surface area contributed by atoms with E-state index in [1.54, 1.807) is 20.8 Å². The third-order valence-electron chi connectivity index (χ3n) is 2.18. The molecule has 0 aliphatic heterocycles. The standard InChI is InChI=1S/C13H30NO4P/c1-8-14-11(9-12(2,3)4)10-17-19(15,16)18-13(5,6)7/h11,14H,8-10H2,1-7H3,(H,15,16). The normalized spacial score (nSPS) is 18.1. The lowest BCUT2D eigenvalue weighted by molar-refractivity contribution is 0.0553. The van der Waals surface area contributed by atoms with E-state index in [2.05, 4.69) is 26.1 Å². The minimum Gasteiger partial charge on any atom is -0.312 e. The Kier molecular flexibility index (Phi) is 7.21. The van der Waals surface area contributed by atoms with Gasteiger partial charge in [-0.25, -0.2) is 4.57 Å². The fraction of sp³-hybridized carbons (Fsp3) is 1.00. The molecule has 0 heterocycles. The van der Waals surface area contributed by atoms with E-state index in [0.717, 1.165) is 13.0 Å². The van der Waals surface area contributed by atoms with E-state index >= 15 is 0 Å². The molecule has 19 heavy (non-hydrogen) atoms. The van der Waals surface area contributed by atoms with E-state index < -0.39 is 13.4 Å². The summed E-state index contributed by atoms with van der Waals surface area (Å²) in [5.41, 5.74) is -0.581. The van der Waals surface area contributed by atoms with Gasteiger partial charge in [-0.05, 0) is 39.2 Å². The highest BCUT2D eigenvalue weighted by molar-refractivity contribution is 7.47. The van der Waals surface area contributed by atoms with Gasteiger partial charge in [0.1, 0.15) is 0 Å². The van der Waals surface area contributed by atoms with Crippen LogP contribution in [-0.2, 0) is 13.6 Å². The van der Waals surface area contributed by atoms with E-state index in [4.69, 9.17) is 9.05 Å². The molecule has 0 amide bonds. The lowest BCUT2D eigenvalue weighted by atomic mass is 9.88. The molecule has 0 aromatic rings. The molecule has 0 saturated heterocycles. The molecule has 2 N–H and O–H groups in total. The molecule has 116 valence electrons. The monoisotopic (exact) mass is 295 g/mol. The minimum absolute atomic E-state index is 0.0362. The zero-order valence-electron chi connectivity index (χ0n) is 13.3. The lowest BCUT2D eigenvalue weighted by Crippen LogP contribution is -2.36. The second-order valence-electron chi connectivity index (χ2n) is 6.99. The summed E-state index contributed by atoms with van der Waals surface area (Å²) in [4.78, 5) is 9.65. The van der Waals surface area contributed by atoms with Gasteiger partial charge in [-0.15, -0.1) is 0 Å². The Morgan fingerprint density at radius 3 is 2.11 bits per heavy atom. The first kappa shape index (κ1) is 19.1. The average molecular weight is 295 g/mol. The van der Waals surface area contributed by atoms with Gasteiger partial charge in [0.15, 0.2) is 0 Å². The van der Waals surface area contributed by atoms with Crippen LogP contribution >= 0.6 is 7.82 Å². The number of phosphoric acid groups is 1. The lowest BCUT2D eigenvalue weighted by Gasteiger charge is -2.28. The molecule has 6 heteroatoms. The van der Waals surface area contributed by atoms with E-state index in [0.29, 0.717) is 0 Å². The zero-order chi connectivity index (χ0) is 15.3. The van der Waals surface area contributed by atoms with Crippen LogP contribution in [0.3, 0.4) is 0 Å². The van der Waals surface area contributed by atoms with Crippen molar-refractivity contribution in [3.05, 3.63) is 0 Å². The van der Waals surface area contributed by atoms with Crippen molar-refractivity contribution in [2.75, 3.05) is 13.2 Å². The van der Waals surface area contributed by atoms with Crippen molar-refractivity contribution in [1.82, 2.24) is 5.32 Å². The van der Waals surface area contributed by atoms with Gasteiger partial charge in [-0.2, -0.15) is 0 Å². The number of hydrogen-bond acceptors (Lipinski definition) is 4. The number of likely N-dealkylation sites (N-methyl/N-ethyl adjacent to an activating group) is 1. The summed E-state index contributed by atoms with van der Waals surface area (Å²) in [5, 5.41) is 3.26. The Morgan fingerprint density at radius 1 is 1.21 bits per heavy atom. The van der Waals surface area contributed by atoms with Crippen LogP contribution in [0.25, 0.3) is 0 Å². The zero-order valence-corrected chi connectivity index (χ0v) is 14.2. The quantitative estimate of drug-likeness (QED) is 0.705. The van der Waals surface area contributed by atoms with Crippen molar-refractivity contribution in [3.63, 3.8) is 0 Å². The van der Waals surface area contributed by atoms with Crippen LogP contribution in [0.15, 0.2) is 0 Å². The highest BCUT2D eigenvalue weighted by Gasteiger charge is 2.30.